The van der Waals surface area contributed by atoms with Crippen LogP contribution >= 0.6 is 0 Å². The lowest BCUT2D eigenvalue weighted by molar-refractivity contribution is 0.0596. The maximum atomic E-state index is 12.0. The van der Waals surface area contributed by atoms with Crippen LogP contribution in [0.25, 0.3) is 0 Å². The van der Waals surface area contributed by atoms with Crippen LogP contribution in [0.2, 0.25) is 0 Å². The maximum Gasteiger partial charge on any atom is 0.362 e. The Balaban J connectivity index is 1.57. The van der Waals surface area contributed by atoms with Crippen LogP contribution in [0.15, 0.2) is 89.1 Å². The fourth-order valence-corrected chi connectivity index (χ4v) is 2.27. The predicted octanol–water partition coefficient (Wildman–Crippen LogP) is 5.10. The van der Waals surface area contributed by atoms with Gasteiger partial charge in [0.1, 0.15) is 0 Å². The van der Waals surface area contributed by atoms with E-state index in [1.165, 1.54) is 0 Å². The van der Waals surface area contributed by atoms with Crippen LogP contribution in [0.3, 0.4) is 0 Å². The molecule has 3 aromatic carbocycles. The van der Waals surface area contributed by atoms with E-state index < -0.39 is 11.9 Å². The van der Waals surface area contributed by atoms with Gasteiger partial charge >= 0.3 is 5.97 Å². The van der Waals surface area contributed by atoms with Gasteiger partial charge in [0.05, 0.1) is 16.9 Å². The Morgan fingerprint density at radius 1 is 0.852 bits per heavy atom. The first-order valence-electron chi connectivity index (χ1n) is 8.27. The van der Waals surface area contributed by atoms with Gasteiger partial charge in [-0.15, -0.1) is 10.2 Å². The Morgan fingerprint density at radius 2 is 1.56 bits per heavy atom. The van der Waals surface area contributed by atoms with Crippen molar-refractivity contribution in [3.8, 4) is 0 Å². The first kappa shape index (κ1) is 18.0. The molecule has 0 heterocycles. The second-order valence-electron chi connectivity index (χ2n) is 5.78. The Hall–Kier alpha value is -3.80. The number of anilines is 1. The van der Waals surface area contributed by atoms with Crippen LogP contribution in [0.1, 0.15) is 26.3 Å². The van der Waals surface area contributed by atoms with Crippen molar-refractivity contribution in [1.82, 2.24) is 0 Å². The number of azo groups is 1. The molecule has 0 saturated carbocycles. The Kier molecular flexibility index (Phi) is 5.69. The van der Waals surface area contributed by atoms with Gasteiger partial charge in [-0.3, -0.25) is 4.79 Å². The zero-order valence-electron chi connectivity index (χ0n) is 14.6. The summed E-state index contributed by atoms with van der Waals surface area (Å²) in [5.74, 6) is -0.888. The second kappa shape index (κ2) is 8.53. The summed E-state index contributed by atoms with van der Waals surface area (Å²) in [6.07, 6.45) is 0. The molecule has 0 atom stereocenters. The number of nitrogens with zero attached hydrogens (tertiary/aromatic N) is 2. The first-order chi connectivity index (χ1) is 13.1. The predicted molar refractivity (Wildman–Crippen MR) is 102 cm³/mol. The Morgan fingerprint density at radius 3 is 2.26 bits per heavy atom. The summed E-state index contributed by atoms with van der Waals surface area (Å²) in [6, 6.07) is 22.5. The van der Waals surface area contributed by atoms with Crippen LogP contribution in [0.5, 0.6) is 0 Å². The van der Waals surface area contributed by atoms with Crippen molar-refractivity contribution in [1.29, 1.82) is 0 Å². The third-order valence-corrected chi connectivity index (χ3v) is 3.66. The molecule has 3 rings (SSSR count). The van der Waals surface area contributed by atoms with Crippen LogP contribution < -0.4 is 5.48 Å². The maximum absolute atomic E-state index is 12.0. The molecule has 0 aliphatic heterocycles. The molecule has 0 fully saturated rings. The van der Waals surface area contributed by atoms with Crippen LogP contribution in [-0.4, -0.2) is 11.9 Å². The second-order valence-corrected chi connectivity index (χ2v) is 5.78. The minimum absolute atomic E-state index is 0.405. The van der Waals surface area contributed by atoms with Gasteiger partial charge in [-0.05, 0) is 55.5 Å². The quantitative estimate of drug-likeness (QED) is 0.507. The van der Waals surface area contributed by atoms with E-state index in [0.717, 1.165) is 5.56 Å². The molecule has 6 nitrogen and oxygen atoms in total. The Labute approximate surface area is 156 Å². The number of benzene rings is 3. The number of hydrogen-bond donors (Lipinski definition) is 1. The molecule has 1 amide bonds. The number of rotatable bonds is 5. The van der Waals surface area contributed by atoms with Crippen LogP contribution in [0, 0.1) is 6.92 Å². The molecule has 0 aliphatic rings. The molecule has 0 aromatic heterocycles. The van der Waals surface area contributed by atoms with Gasteiger partial charge in [-0.1, -0.05) is 35.9 Å². The average Bonchev–Trinajstić information content (AvgIpc) is 2.71. The molecular weight excluding hydrogens is 342 g/mol. The van der Waals surface area contributed by atoms with Crippen molar-refractivity contribution >= 4 is 23.3 Å². The molecule has 0 bridgehead atoms. The number of nitrogens with one attached hydrogen (secondary N) is 1. The lowest BCUT2D eigenvalue weighted by Crippen LogP contribution is -2.10. The highest BCUT2D eigenvalue weighted by Crippen LogP contribution is 2.18. The highest BCUT2D eigenvalue weighted by atomic mass is 16.7. The molecule has 3 aromatic rings. The first-order valence-corrected chi connectivity index (χ1v) is 8.27. The Bertz CT molecular complexity index is 967. The standard InChI is InChI=1S/C21H17N3O3/c1-15-6-5-9-17(14-15)20(25)23-22-18-10-12-19(13-11-18)24-27-21(26)16-7-3-2-4-8-16/h2-14,24H,1H3. The summed E-state index contributed by atoms with van der Waals surface area (Å²) in [5, 5.41) is 7.67. The fourth-order valence-electron chi connectivity index (χ4n) is 2.27. The molecule has 0 radical (unpaired) electrons. The van der Waals surface area contributed by atoms with E-state index in [4.69, 9.17) is 4.84 Å². The van der Waals surface area contributed by atoms with Crippen molar-refractivity contribution < 1.29 is 14.4 Å². The zero-order chi connectivity index (χ0) is 19.1. The van der Waals surface area contributed by atoms with Gasteiger partial charge in [0, 0.05) is 5.56 Å². The highest BCUT2D eigenvalue weighted by Gasteiger charge is 2.06. The van der Waals surface area contributed by atoms with Crippen LogP contribution in [0.4, 0.5) is 11.4 Å². The summed E-state index contributed by atoms with van der Waals surface area (Å²) in [7, 11) is 0. The van der Waals surface area contributed by atoms with Crippen molar-refractivity contribution in [2.45, 2.75) is 6.92 Å². The fraction of sp³-hybridized carbons (Fsp3) is 0.0476. The number of carbonyl (C=O) groups is 2. The lowest BCUT2D eigenvalue weighted by atomic mass is 10.1. The number of amides is 1. The summed E-state index contributed by atoms with van der Waals surface area (Å²) in [6.45, 7) is 1.91. The van der Waals surface area contributed by atoms with E-state index in [2.05, 4.69) is 15.7 Å². The van der Waals surface area contributed by atoms with E-state index in [1.807, 2.05) is 19.1 Å². The number of carbonyl (C=O) groups excluding carboxylic acids is 2. The van der Waals surface area contributed by atoms with Crippen LogP contribution in [-0.2, 0) is 4.84 Å². The van der Waals surface area contributed by atoms with Crippen molar-refractivity contribution in [2.75, 3.05) is 5.48 Å². The topological polar surface area (TPSA) is 80.1 Å². The zero-order valence-corrected chi connectivity index (χ0v) is 14.6. The normalized spacial score (nSPS) is 10.6. The van der Waals surface area contributed by atoms with Gasteiger partial charge in [-0.2, -0.15) is 0 Å². The van der Waals surface area contributed by atoms with E-state index >= 15 is 0 Å². The SMILES string of the molecule is Cc1cccc(C(=O)N=Nc2ccc(NOC(=O)c3ccccc3)cc2)c1. The summed E-state index contributed by atoms with van der Waals surface area (Å²) in [5.41, 5.74) is 5.58. The lowest BCUT2D eigenvalue weighted by Gasteiger charge is -2.06. The van der Waals surface area contributed by atoms with Gasteiger partial charge in [0.25, 0.3) is 5.91 Å². The van der Waals surface area contributed by atoms with Gasteiger partial charge in [0.15, 0.2) is 0 Å². The van der Waals surface area contributed by atoms with E-state index in [1.54, 1.807) is 66.7 Å². The summed E-state index contributed by atoms with van der Waals surface area (Å²) in [4.78, 5) is 28.9. The number of hydrogen-bond acceptors (Lipinski definition) is 5. The molecule has 27 heavy (non-hydrogen) atoms. The molecule has 1 N–H and O–H groups in total. The summed E-state index contributed by atoms with van der Waals surface area (Å²) >= 11 is 0. The van der Waals surface area contributed by atoms with Crippen molar-refractivity contribution in [3.05, 3.63) is 95.6 Å². The van der Waals surface area contributed by atoms with Crippen molar-refractivity contribution in [2.24, 2.45) is 10.2 Å². The average molecular weight is 359 g/mol. The van der Waals surface area contributed by atoms with E-state index in [0.29, 0.717) is 22.5 Å². The molecule has 134 valence electrons. The molecule has 0 saturated heterocycles. The molecule has 6 heteroatoms. The van der Waals surface area contributed by atoms with Crippen molar-refractivity contribution in [3.63, 3.8) is 0 Å². The minimum atomic E-state index is -0.483. The third kappa shape index (κ3) is 5.09. The number of aryl methyl sites for hydroxylation is 1. The monoisotopic (exact) mass is 359 g/mol. The van der Waals surface area contributed by atoms with Gasteiger partial charge in [-0.25, -0.2) is 10.3 Å². The largest absolute Gasteiger partial charge is 0.362 e. The molecular formula is C21H17N3O3. The van der Waals surface area contributed by atoms with Gasteiger partial charge < -0.3 is 4.84 Å². The van der Waals surface area contributed by atoms with E-state index in [9.17, 15) is 9.59 Å². The van der Waals surface area contributed by atoms with E-state index in [-0.39, 0.29) is 0 Å². The third-order valence-electron chi connectivity index (χ3n) is 3.66. The molecule has 0 aliphatic carbocycles. The smallest absolute Gasteiger partial charge is 0.338 e. The molecule has 0 spiro atoms. The highest BCUT2D eigenvalue weighted by molar-refractivity contribution is 5.94. The van der Waals surface area contributed by atoms with Gasteiger partial charge in [0.2, 0.25) is 0 Å². The molecule has 0 unspecified atom stereocenters. The summed E-state index contributed by atoms with van der Waals surface area (Å²) < 4.78 is 0. The minimum Gasteiger partial charge on any atom is -0.338 e.